The third-order valence-corrected chi connectivity index (χ3v) is 4.08. The zero-order valence-corrected chi connectivity index (χ0v) is 11.1. The Morgan fingerprint density at radius 2 is 2.00 bits per heavy atom. The Hall–Kier alpha value is -1.10. The van der Waals surface area contributed by atoms with Crippen LogP contribution >= 0.6 is 0 Å². The molecule has 0 aromatic heterocycles. The van der Waals surface area contributed by atoms with Crippen molar-refractivity contribution in [3.63, 3.8) is 0 Å². The molecule has 5 heteroatoms. The first kappa shape index (κ1) is 13.3. The molecule has 0 spiro atoms. The van der Waals surface area contributed by atoms with Crippen molar-refractivity contribution in [2.75, 3.05) is 32.7 Å². The molecule has 1 heterocycles. The summed E-state index contributed by atoms with van der Waals surface area (Å²) in [4.78, 5) is 25.6. The van der Waals surface area contributed by atoms with E-state index in [1.807, 2.05) is 4.90 Å². The summed E-state index contributed by atoms with van der Waals surface area (Å²) in [5.74, 6) is 0.666. The SMILES string of the molecule is CC1CCCC1C(=O)NCC(=O)N1CCNCC1. The van der Waals surface area contributed by atoms with Gasteiger partial charge in [0, 0.05) is 32.1 Å². The van der Waals surface area contributed by atoms with Crippen molar-refractivity contribution in [2.45, 2.75) is 26.2 Å². The predicted molar refractivity (Wildman–Crippen MR) is 69.0 cm³/mol. The molecule has 2 N–H and O–H groups in total. The Kier molecular flexibility index (Phi) is 4.58. The molecule has 0 aromatic rings. The van der Waals surface area contributed by atoms with E-state index >= 15 is 0 Å². The van der Waals surface area contributed by atoms with E-state index in [2.05, 4.69) is 17.6 Å². The summed E-state index contributed by atoms with van der Waals surface area (Å²) in [6, 6.07) is 0. The fourth-order valence-corrected chi connectivity index (χ4v) is 2.85. The number of hydrogen-bond acceptors (Lipinski definition) is 3. The summed E-state index contributed by atoms with van der Waals surface area (Å²) >= 11 is 0. The average Bonchev–Trinajstić information content (AvgIpc) is 2.83. The van der Waals surface area contributed by atoms with E-state index in [4.69, 9.17) is 0 Å². The minimum absolute atomic E-state index is 0.0375. The van der Waals surface area contributed by atoms with Gasteiger partial charge in [-0.05, 0) is 18.8 Å². The Morgan fingerprint density at radius 1 is 1.28 bits per heavy atom. The molecule has 1 saturated carbocycles. The van der Waals surface area contributed by atoms with Crippen LogP contribution in [0.2, 0.25) is 0 Å². The predicted octanol–water partition coefficient (Wildman–Crippen LogP) is -0.0294. The molecular weight excluding hydrogens is 230 g/mol. The van der Waals surface area contributed by atoms with Crippen molar-refractivity contribution in [3.05, 3.63) is 0 Å². The average molecular weight is 253 g/mol. The number of amides is 2. The van der Waals surface area contributed by atoms with Crippen LogP contribution in [0, 0.1) is 11.8 Å². The number of hydrogen-bond donors (Lipinski definition) is 2. The van der Waals surface area contributed by atoms with Crippen molar-refractivity contribution in [1.82, 2.24) is 15.5 Å². The van der Waals surface area contributed by atoms with Crippen molar-refractivity contribution >= 4 is 11.8 Å². The van der Waals surface area contributed by atoms with E-state index in [1.54, 1.807) is 0 Å². The normalized spacial score (nSPS) is 28.2. The number of nitrogens with one attached hydrogen (secondary N) is 2. The maximum atomic E-state index is 11.9. The van der Waals surface area contributed by atoms with Crippen molar-refractivity contribution in [1.29, 1.82) is 0 Å². The molecule has 2 fully saturated rings. The molecule has 2 rings (SSSR count). The topological polar surface area (TPSA) is 61.4 Å². The molecule has 0 aromatic carbocycles. The van der Waals surface area contributed by atoms with Crippen LogP contribution in [-0.2, 0) is 9.59 Å². The summed E-state index contributed by atoms with van der Waals surface area (Å²) in [6.45, 7) is 5.46. The highest BCUT2D eigenvalue weighted by Gasteiger charge is 2.30. The zero-order chi connectivity index (χ0) is 13.0. The molecule has 1 aliphatic carbocycles. The molecule has 2 aliphatic rings. The van der Waals surface area contributed by atoms with Gasteiger partial charge < -0.3 is 15.5 Å². The van der Waals surface area contributed by atoms with Gasteiger partial charge in [-0.2, -0.15) is 0 Å². The molecule has 102 valence electrons. The smallest absolute Gasteiger partial charge is 0.242 e. The molecular formula is C13H23N3O2. The maximum absolute atomic E-state index is 11.9. The minimum Gasteiger partial charge on any atom is -0.347 e. The second kappa shape index (κ2) is 6.18. The van der Waals surface area contributed by atoms with E-state index in [-0.39, 0.29) is 24.3 Å². The number of carbonyl (C=O) groups excluding carboxylic acids is 2. The molecule has 18 heavy (non-hydrogen) atoms. The van der Waals surface area contributed by atoms with Crippen LogP contribution in [0.15, 0.2) is 0 Å². The number of rotatable bonds is 3. The minimum atomic E-state index is 0.0375. The fraction of sp³-hybridized carbons (Fsp3) is 0.846. The van der Waals surface area contributed by atoms with E-state index in [0.29, 0.717) is 5.92 Å². The van der Waals surface area contributed by atoms with E-state index in [1.165, 1.54) is 0 Å². The van der Waals surface area contributed by atoms with Gasteiger partial charge in [0.15, 0.2) is 0 Å². The number of carbonyl (C=O) groups is 2. The largest absolute Gasteiger partial charge is 0.347 e. The third-order valence-electron chi connectivity index (χ3n) is 4.08. The number of nitrogens with zero attached hydrogens (tertiary/aromatic N) is 1. The summed E-state index contributed by atoms with van der Waals surface area (Å²) in [5, 5.41) is 6.01. The lowest BCUT2D eigenvalue weighted by atomic mass is 9.97. The molecule has 2 amide bonds. The lowest BCUT2D eigenvalue weighted by Gasteiger charge is -2.27. The highest BCUT2D eigenvalue weighted by atomic mass is 16.2. The Labute approximate surface area is 108 Å². The molecule has 5 nitrogen and oxygen atoms in total. The van der Waals surface area contributed by atoms with Gasteiger partial charge in [0.25, 0.3) is 0 Å². The van der Waals surface area contributed by atoms with E-state index in [9.17, 15) is 9.59 Å². The van der Waals surface area contributed by atoms with Gasteiger partial charge in [0.05, 0.1) is 6.54 Å². The van der Waals surface area contributed by atoms with Gasteiger partial charge in [-0.1, -0.05) is 13.3 Å². The van der Waals surface area contributed by atoms with Gasteiger partial charge in [0.2, 0.25) is 11.8 Å². The Balaban J connectivity index is 1.73. The molecule has 0 bridgehead atoms. The molecule has 0 radical (unpaired) electrons. The van der Waals surface area contributed by atoms with Gasteiger partial charge in [-0.15, -0.1) is 0 Å². The quantitative estimate of drug-likeness (QED) is 0.742. The van der Waals surface area contributed by atoms with E-state index in [0.717, 1.165) is 45.4 Å². The Bertz CT molecular complexity index is 313. The second-order valence-corrected chi connectivity index (χ2v) is 5.36. The van der Waals surface area contributed by atoms with Crippen LogP contribution in [0.4, 0.5) is 0 Å². The van der Waals surface area contributed by atoms with Crippen molar-refractivity contribution in [2.24, 2.45) is 11.8 Å². The highest BCUT2D eigenvalue weighted by molar-refractivity contribution is 5.86. The first-order valence-electron chi connectivity index (χ1n) is 6.94. The molecule has 2 unspecified atom stereocenters. The third kappa shape index (κ3) is 3.22. The van der Waals surface area contributed by atoms with Crippen molar-refractivity contribution < 1.29 is 9.59 Å². The summed E-state index contributed by atoms with van der Waals surface area (Å²) in [7, 11) is 0. The van der Waals surface area contributed by atoms with Crippen LogP contribution in [0.3, 0.4) is 0 Å². The fourth-order valence-electron chi connectivity index (χ4n) is 2.85. The van der Waals surface area contributed by atoms with Gasteiger partial charge in [-0.3, -0.25) is 9.59 Å². The van der Waals surface area contributed by atoms with Crippen LogP contribution < -0.4 is 10.6 Å². The standard InChI is InChI=1S/C13H23N3O2/c1-10-3-2-4-11(10)13(18)15-9-12(17)16-7-5-14-6-8-16/h10-11,14H,2-9H2,1H3,(H,15,18). The maximum Gasteiger partial charge on any atom is 0.242 e. The van der Waals surface area contributed by atoms with Crippen LogP contribution in [-0.4, -0.2) is 49.4 Å². The van der Waals surface area contributed by atoms with Crippen LogP contribution in [0.1, 0.15) is 26.2 Å². The van der Waals surface area contributed by atoms with Crippen molar-refractivity contribution in [3.8, 4) is 0 Å². The number of piperazine rings is 1. The summed E-state index contributed by atoms with van der Waals surface area (Å²) in [5.41, 5.74) is 0. The monoisotopic (exact) mass is 253 g/mol. The summed E-state index contributed by atoms with van der Waals surface area (Å²) < 4.78 is 0. The molecule has 2 atom stereocenters. The first-order chi connectivity index (χ1) is 8.68. The highest BCUT2D eigenvalue weighted by Crippen LogP contribution is 2.30. The lowest BCUT2D eigenvalue weighted by molar-refractivity contribution is -0.134. The van der Waals surface area contributed by atoms with Gasteiger partial charge in [-0.25, -0.2) is 0 Å². The lowest BCUT2D eigenvalue weighted by Crippen LogP contribution is -2.50. The molecule has 1 saturated heterocycles. The second-order valence-electron chi connectivity index (χ2n) is 5.36. The first-order valence-corrected chi connectivity index (χ1v) is 6.94. The van der Waals surface area contributed by atoms with Crippen LogP contribution in [0.25, 0.3) is 0 Å². The summed E-state index contributed by atoms with van der Waals surface area (Å²) in [6.07, 6.45) is 3.23. The van der Waals surface area contributed by atoms with E-state index < -0.39 is 0 Å². The zero-order valence-electron chi connectivity index (χ0n) is 11.1. The van der Waals surface area contributed by atoms with Gasteiger partial charge >= 0.3 is 0 Å². The molecule has 1 aliphatic heterocycles. The van der Waals surface area contributed by atoms with Gasteiger partial charge in [0.1, 0.15) is 0 Å². The Morgan fingerprint density at radius 3 is 2.61 bits per heavy atom. The van der Waals surface area contributed by atoms with Crippen LogP contribution in [0.5, 0.6) is 0 Å².